The van der Waals surface area contributed by atoms with Crippen LogP contribution < -0.4 is 9.64 Å². The van der Waals surface area contributed by atoms with E-state index < -0.39 is 5.97 Å². The summed E-state index contributed by atoms with van der Waals surface area (Å²) in [5.41, 5.74) is 1.44. The van der Waals surface area contributed by atoms with Crippen molar-refractivity contribution in [3.63, 3.8) is 0 Å². The van der Waals surface area contributed by atoms with Crippen LogP contribution in [0.4, 0.5) is 5.82 Å². The summed E-state index contributed by atoms with van der Waals surface area (Å²) in [4.78, 5) is 13.7. The van der Waals surface area contributed by atoms with Crippen LogP contribution in [0.2, 0.25) is 0 Å². The predicted molar refractivity (Wildman–Crippen MR) is 85.7 cm³/mol. The van der Waals surface area contributed by atoms with E-state index in [1.807, 2.05) is 18.2 Å². The Hall–Kier alpha value is -2.63. The minimum absolute atomic E-state index is 0.219. The molecule has 1 aliphatic rings. The van der Waals surface area contributed by atoms with E-state index in [-0.39, 0.29) is 11.7 Å². The molecule has 0 N–H and O–H groups in total. The molecule has 6 heteroatoms. The smallest absolute Gasteiger partial charge is 0.358 e. The molecule has 1 fully saturated rings. The molecular formula is C17H19N3O3. The first-order chi connectivity index (χ1) is 11.2. The van der Waals surface area contributed by atoms with E-state index in [1.165, 1.54) is 12.7 Å². The second-order valence-electron chi connectivity index (χ2n) is 5.39. The molecule has 0 radical (unpaired) electrons. The summed E-state index contributed by atoms with van der Waals surface area (Å²) in [7, 11) is 2.99. The van der Waals surface area contributed by atoms with Gasteiger partial charge in [-0.3, -0.25) is 0 Å². The number of ether oxygens (including phenoxy) is 2. The first-order valence-corrected chi connectivity index (χ1v) is 7.55. The molecule has 23 heavy (non-hydrogen) atoms. The summed E-state index contributed by atoms with van der Waals surface area (Å²) < 4.78 is 9.86. The number of carbonyl (C=O) groups excluding carboxylic acids is 1. The maximum absolute atomic E-state index is 11.4. The lowest BCUT2D eigenvalue weighted by molar-refractivity contribution is 0.0592. The highest BCUT2D eigenvalue weighted by atomic mass is 16.5. The lowest BCUT2D eigenvalue weighted by atomic mass is 10.0. The van der Waals surface area contributed by atoms with Gasteiger partial charge in [-0.05, 0) is 42.7 Å². The maximum atomic E-state index is 11.4. The second-order valence-corrected chi connectivity index (χ2v) is 5.39. The highest BCUT2D eigenvalue weighted by Gasteiger charge is 2.27. The summed E-state index contributed by atoms with van der Waals surface area (Å²) in [5.74, 6) is 1.15. The third-order valence-electron chi connectivity index (χ3n) is 4.09. The average Bonchev–Trinajstić information content (AvgIpc) is 3.11. The number of aromatic nitrogens is 2. The first kappa shape index (κ1) is 15.3. The van der Waals surface area contributed by atoms with E-state index >= 15 is 0 Å². The molecule has 6 nitrogen and oxygen atoms in total. The number of nitrogens with zero attached hydrogens (tertiary/aromatic N) is 3. The summed E-state index contributed by atoms with van der Waals surface area (Å²) >= 11 is 0. The molecule has 120 valence electrons. The van der Waals surface area contributed by atoms with Gasteiger partial charge in [-0.25, -0.2) is 4.79 Å². The second kappa shape index (κ2) is 6.64. The Morgan fingerprint density at radius 1 is 1.13 bits per heavy atom. The minimum Gasteiger partial charge on any atom is -0.497 e. The molecule has 1 aromatic heterocycles. The SMILES string of the molecule is COC(=O)c1ccc(N2CCC[C@@H]2c2ccc(OC)cc2)nn1. The summed E-state index contributed by atoms with van der Waals surface area (Å²) in [6.45, 7) is 0.920. The summed E-state index contributed by atoms with van der Waals surface area (Å²) in [5, 5.41) is 8.15. The summed E-state index contributed by atoms with van der Waals surface area (Å²) in [6.07, 6.45) is 2.16. The van der Waals surface area contributed by atoms with Gasteiger partial charge in [0.05, 0.1) is 20.3 Å². The van der Waals surface area contributed by atoms with Crippen LogP contribution in [0.15, 0.2) is 36.4 Å². The molecule has 0 amide bonds. The Bertz CT molecular complexity index is 670. The van der Waals surface area contributed by atoms with Gasteiger partial charge in [0.25, 0.3) is 0 Å². The van der Waals surface area contributed by atoms with Crippen molar-refractivity contribution in [2.75, 3.05) is 25.7 Å². The van der Waals surface area contributed by atoms with Crippen molar-refractivity contribution in [2.24, 2.45) is 0 Å². The van der Waals surface area contributed by atoms with E-state index in [4.69, 9.17) is 4.74 Å². The topological polar surface area (TPSA) is 64.5 Å². The number of benzene rings is 1. The van der Waals surface area contributed by atoms with Crippen LogP contribution >= 0.6 is 0 Å². The molecule has 0 bridgehead atoms. The van der Waals surface area contributed by atoms with E-state index in [0.29, 0.717) is 0 Å². The molecule has 1 saturated heterocycles. The molecule has 0 saturated carbocycles. The Morgan fingerprint density at radius 2 is 1.91 bits per heavy atom. The normalized spacial score (nSPS) is 17.1. The third kappa shape index (κ3) is 3.11. The van der Waals surface area contributed by atoms with Crippen LogP contribution in [-0.2, 0) is 4.74 Å². The van der Waals surface area contributed by atoms with Gasteiger partial charge in [0, 0.05) is 6.54 Å². The van der Waals surface area contributed by atoms with Crippen molar-refractivity contribution in [2.45, 2.75) is 18.9 Å². The predicted octanol–water partition coefficient (Wildman–Crippen LogP) is 2.61. The number of hydrogen-bond acceptors (Lipinski definition) is 6. The molecule has 0 unspecified atom stereocenters. The molecule has 1 aliphatic heterocycles. The molecule has 3 rings (SSSR count). The Kier molecular flexibility index (Phi) is 4.41. The van der Waals surface area contributed by atoms with Crippen molar-refractivity contribution in [1.29, 1.82) is 0 Å². The van der Waals surface area contributed by atoms with Gasteiger partial charge in [0.1, 0.15) is 5.75 Å². The van der Waals surface area contributed by atoms with Crippen molar-refractivity contribution in [3.05, 3.63) is 47.7 Å². The first-order valence-electron chi connectivity index (χ1n) is 7.55. The molecular weight excluding hydrogens is 294 g/mol. The highest BCUT2D eigenvalue weighted by Crippen LogP contribution is 2.35. The molecule has 1 aromatic carbocycles. The number of hydrogen-bond donors (Lipinski definition) is 0. The van der Waals surface area contributed by atoms with Gasteiger partial charge in [-0.1, -0.05) is 12.1 Å². The van der Waals surface area contributed by atoms with Crippen LogP contribution in [0.1, 0.15) is 34.9 Å². The summed E-state index contributed by atoms with van der Waals surface area (Å²) in [6, 6.07) is 11.8. The van der Waals surface area contributed by atoms with E-state index in [1.54, 1.807) is 13.2 Å². The van der Waals surface area contributed by atoms with Crippen LogP contribution in [0.5, 0.6) is 5.75 Å². The number of rotatable bonds is 4. The number of carbonyl (C=O) groups is 1. The molecule has 1 atom stereocenters. The van der Waals surface area contributed by atoms with Crippen molar-refractivity contribution in [1.82, 2.24) is 10.2 Å². The lowest BCUT2D eigenvalue weighted by Crippen LogP contribution is -2.24. The lowest BCUT2D eigenvalue weighted by Gasteiger charge is -2.25. The Balaban J connectivity index is 1.81. The van der Waals surface area contributed by atoms with Crippen LogP contribution in [-0.4, -0.2) is 36.9 Å². The third-order valence-corrected chi connectivity index (χ3v) is 4.09. The Labute approximate surface area is 135 Å². The van der Waals surface area contributed by atoms with Gasteiger partial charge < -0.3 is 14.4 Å². The monoisotopic (exact) mass is 313 g/mol. The van der Waals surface area contributed by atoms with Gasteiger partial charge in [0.15, 0.2) is 11.5 Å². The zero-order valence-electron chi connectivity index (χ0n) is 13.2. The van der Waals surface area contributed by atoms with Crippen LogP contribution in [0.25, 0.3) is 0 Å². The van der Waals surface area contributed by atoms with Gasteiger partial charge in [0.2, 0.25) is 0 Å². The zero-order chi connectivity index (χ0) is 16.2. The number of anilines is 1. The minimum atomic E-state index is -0.475. The fraction of sp³-hybridized carbons (Fsp3) is 0.353. The van der Waals surface area contributed by atoms with Gasteiger partial charge >= 0.3 is 5.97 Å². The van der Waals surface area contributed by atoms with Crippen LogP contribution in [0, 0.1) is 0 Å². The fourth-order valence-corrected chi connectivity index (χ4v) is 2.91. The van der Waals surface area contributed by atoms with Crippen molar-refractivity contribution in [3.8, 4) is 5.75 Å². The standard InChI is InChI=1S/C17H19N3O3/c1-22-13-7-5-12(6-8-13)15-4-3-11-20(15)16-10-9-14(18-19-16)17(21)23-2/h5-10,15H,3-4,11H2,1-2H3/t15-/m1/s1. The molecule has 0 aliphatic carbocycles. The highest BCUT2D eigenvalue weighted by molar-refractivity contribution is 5.87. The van der Waals surface area contributed by atoms with Crippen molar-refractivity contribution < 1.29 is 14.3 Å². The van der Waals surface area contributed by atoms with Crippen molar-refractivity contribution >= 4 is 11.8 Å². The van der Waals surface area contributed by atoms with Gasteiger partial charge in [-0.15, -0.1) is 10.2 Å². The largest absolute Gasteiger partial charge is 0.497 e. The fourth-order valence-electron chi connectivity index (χ4n) is 2.91. The van der Waals surface area contributed by atoms with E-state index in [2.05, 4.69) is 32.0 Å². The molecule has 2 aromatic rings. The van der Waals surface area contributed by atoms with Crippen LogP contribution in [0.3, 0.4) is 0 Å². The van der Waals surface area contributed by atoms with Gasteiger partial charge in [-0.2, -0.15) is 0 Å². The quantitative estimate of drug-likeness (QED) is 0.809. The Morgan fingerprint density at radius 3 is 2.52 bits per heavy atom. The van der Waals surface area contributed by atoms with E-state index in [9.17, 15) is 4.79 Å². The average molecular weight is 313 g/mol. The zero-order valence-corrected chi connectivity index (χ0v) is 13.2. The molecule has 2 heterocycles. The van der Waals surface area contributed by atoms with E-state index in [0.717, 1.165) is 31.0 Å². The molecule has 0 spiro atoms. The number of esters is 1. The maximum Gasteiger partial charge on any atom is 0.358 e. The number of methoxy groups -OCH3 is 2.